The van der Waals surface area contributed by atoms with Crippen molar-refractivity contribution in [2.45, 2.75) is 0 Å². The molecular weight excluding hydrogens is 228 g/mol. The second-order valence-corrected chi connectivity index (χ2v) is 3.57. The van der Waals surface area contributed by atoms with E-state index in [2.05, 4.69) is 9.97 Å². The normalized spacial score (nSPS) is 10.1. The molecule has 1 aromatic heterocycles. The van der Waals surface area contributed by atoms with Crippen LogP contribution in [0, 0.1) is 0 Å². The Hall–Kier alpha value is -1.81. The highest BCUT2D eigenvalue weighted by Gasteiger charge is 2.04. The van der Waals surface area contributed by atoms with Crippen molar-refractivity contribution in [1.29, 1.82) is 0 Å². The summed E-state index contributed by atoms with van der Waals surface area (Å²) in [6.07, 6.45) is 2.79. The fourth-order valence-corrected chi connectivity index (χ4v) is 1.55. The van der Waals surface area contributed by atoms with E-state index in [1.807, 2.05) is 0 Å². The summed E-state index contributed by atoms with van der Waals surface area (Å²) in [6, 6.07) is 5.24. The smallest absolute Gasteiger partial charge is 0.266 e. The molecule has 0 fully saturated rings. The highest BCUT2D eigenvalue weighted by atomic mass is 35.5. The Bertz CT molecular complexity index is 566. The van der Waals surface area contributed by atoms with Gasteiger partial charge >= 0.3 is 0 Å². The van der Waals surface area contributed by atoms with Crippen LogP contribution >= 0.6 is 11.6 Å². The number of nitrogens with zero attached hydrogens (tertiary/aromatic N) is 1. The van der Waals surface area contributed by atoms with Crippen molar-refractivity contribution >= 4 is 11.6 Å². The average molecular weight is 237 g/mol. The van der Waals surface area contributed by atoms with Gasteiger partial charge in [-0.3, -0.25) is 9.78 Å². The number of benzene rings is 1. The molecule has 1 aromatic carbocycles. The molecular formula is C11H9ClN2O2. The SMILES string of the molecule is COc1cc(-c2cncc(=O)[nH]2)ccc1Cl. The fourth-order valence-electron chi connectivity index (χ4n) is 1.35. The van der Waals surface area contributed by atoms with E-state index in [0.29, 0.717) is 16.5 Å². The average Bonchev–Trinajstić information content (AvgIpc) is 2.29. The number of halogens is 1. The second-order valence-electron chi connectivity index (χ2n) is 3.16. The lowest BCUT2D eigenvalue weighted by Crippen LogP contribution is -2.05. The molecule has 0 radical (unpaired) electrons. The number of hydrogen-bond donors (Lipinski definition) is 1. The molecule has 0 unspecified atom stereocenters. The molecule has 82 valence electrons. The van der Waals surface area contributed by atoms with Crippen molar-refractivity contribution in [2.75, 3.05) is 7.11 Å². The molecule has 0 aliphatic heterocycles. The van der Waals surface area contributed by atoms with Crippen LogP contribution in [0.4, 0.5) is 0 Å². The number of ether oxygens (including phenoxy) is 1. The Morgan fingerprint density at radius 1 is 1.38 bits per heavy atom. The number of methoxy groups -OCH3 is 1. The Labute approximate surface area is 96.9 Å². The predicted molar refractivity (Wildman–Crippen MR) is 61.9 cm³/mol. The highest BCUT2D eigenvalue weighted by Crippen LogP contribution is 2.28. The minimum atomic E-state index is -0.244. The first kappa shape index (κ1) is 10.7. The zero-order chi connectivity index (χ0) is 11.5. The molecule has 0 saturated carbocycles. The van der Waals surface area contributed by atoms with Crippen molar-refractivity contribution in [2.24, 2.45) is 0 Å². The van der Waals surface area contributed by atoms with Crippen molar-refractivity contribution in [3.8, 4) is 17.0 Å². The summed E-state index contributed by atoms with van der Waals surface area (Å²) in [5, 5.41) is 0.525. The number of hydrogen-bond acceptors (Lipinski definition) is 3. The third-order valence-electron chi connectivity index (χ3n) is 2.12. The Morgan fingerprint density at radius 3 is 2.88 bits per heavy atom. The van der Waals surface area contributed by atoms with Gasteiger partial charge in [-0.2, -0.15) is 0 Å². The molecule has 0 aliphatic carbocycles. The van der Waals surface area contributed by atoms with E-state index in [1.54, 1.807) is 24.4 Å². The van der Waals surface area contributed by atoms with Crippen molar-refractivity contribution in [3.63, 3.8) is 0 Å². The van der Waals surface area contributed by atoms with Crippen molar-refractivity contribution in [1.82, 2.24) is 9.97 Å². The lowest BCUT2D eigenvalue weighted by atomic mass is 10.1. The van der Waals surface area contributed by atoms with E-state index in [0.717, 1.165) is 5.56 Å². The molecule has 2 rings (SSSR count). The number of aromatic amines is 1. The first-order valence-electron chi connectivity index (χ1n) is 4.59. The second kappa shape index (κ2) is 4.37. The molecule has 4 nitrogen and oxygen atoms in total. The van der Waals surface area contributed by atoms with Gasteiger partial charge in [-0.05, 0) is 12.1 Å². The van der Waals surface area contributed by atoms with Gasteiger partial charge in [0.15, 0.2) is 0 Å². The number of H-pyrrole nitrogens is 1. The van der Waals surface area contributed by atoms with Crippen LogP contribution in [-0.2, 0) is 0 Å². The molecule has 0 spiro atoms. The van der Waals surface area contributed by atoms with Gasteiger partial charge in [-0.25, -0.2) is 0 Å². The van der Waals surface area contributed by atoms with Gasteiger partial charge in [-0.1, -0.05) is 17.7 Å². The monoisotopic (exact) mass is 236 g/mol. The van der Waals surface area contributed by atoms with Crippen LogP contribution in [0.15, 0.2) is 35.4 Å². The van der Waals surface area contributed by atoms with Gasteiger partial charge in [-0.15, -0.1) is 0 Å². The molecule has 0 amide bonds. The topological polar surface area (TPSA) is 55.0 Å². The minimum Gasteiger partial charge on any atom is -0.495 e. The summed E-state index contributed by atoms with van der Waals surface area (Å²) in [6.45, 7) is 0. The van der Waals surface area contributed by atoms with E-state index in [4.69, 9.17) is 16.3 Å². The van der Waals surface area contributed by atoms with E-state index in [-0.39, 0.29) is 5.56 Å². The van der Waals surface area contributed by atoms with Crippen LogP contribution in [0.3, 0.4) is 0 Å². The maximum absolute atomic E-state index is 11.1. The zero-order valence-electron chi connectivity index (χ0n) is 8.53. The number of rotatable bonds is 2. The lowest BCUT2D eigenvalue weighted by Gasteiger charge is -2.05. The Balaban J connectivity index is 2.52. The van der Waals surface area contributed by atoms with Crippen LogP contribution in [0.2, 0.25) is 5.02 Å². The van der Waals surface area contributed by atoms with E-state index in [9.17, 15) is 4.79 Å². The maximum atomic E-state index is 11.1. The van der Waals surface area contributed by atoms with Gasteiger partial charge < -0.3 is 9.72 Å². The highest BCUT2D eigenvalue weighted by molar-refractivity contribution is 6.32. The summed E-state index contributed by atoms with van der Waals surface area (Å²) in [4.78, 5) is 17.6. The Kier molecular flexibility index (Phi) is 2.92. The van der Waals surface area contributed by atoms with E-state index >= 15 is 0 Å². The van der Waals surface area contributed by atoms with Gasteiger partial charge in [0.1, 0.15) is 5.75 Å². The van der Waals surface area contributed by atoms with Gasteiger partial charge in [0.05, 0.1) is 30.2 Å². The van der Waals surface area contributed by atoms with Crippen LogP contribution in [-0.4, -0.2) is 17.1 Å². The molecule has 16 heavy (non-hydrogen) atoms. The van der Waals surface area contributed by atoms with Gasteiger partial charge in [0.2, 0.25) is 0 Å². The van der Waals surface area contributed by atoms with Crippen LogP contribution in [0.1, 0.15) is 0 Å². The van der Waals surface area contributed by atoms with Crippen LogP contribution in [0.25, 0.3) is 11.3 Å². The maximum Gasteiger partial charge on any atom is 0.266 e. The summed E-state index contributed by atoms with van der Waals surface area (Å²) in [5.74, 6) is 0.559. The summed E-state index contributed by atoms with van der Waals surface area (Å²) >= 11 is 5.90. The van der Waals surface area contributed by atoms with Gasteiger partial charge in [0, 0.05) is 5.56 Å². The van der Waals surface area contributed by atoms with Crippen molar-refractivity contribution < 1.29 is 4.74 Å². The summed E-state index contributed by atoms with van der Waals surface area (Å²) < 4.78 is 5.09. The summed E-state index contributed by atoms with van der Waals surface area (Å²) in [5.41, 5.74) is 1.18. The Morgan fingerprint density at radius 2 is 2.19 bits per heavy atom. The molecule has 2 aromatic rings. The minimum absolute atomic E-state index is 0.244. The fraction of sp³-hybridized carbons (Fsp3) is 0.0909. The largest absolute Gasteiger partial charge is 0.495 e. The van der Waals surface area contributed by atoms with Crippen molar-refractivity contribution in [3.05, 3.63) is 46.0 Å². The molecule has 0 aliphatic rings. The molecule has 1 N–H and O–H groups in total. The third-order valence-corrected chi connectivity index (χ3v) is 2.43. The molecule has 0 bridgehead atoms. The lowest BCUT2D eigenvalue weighted by molar-refractivity contribution is 0.415. The molecule has 1 heterocycles. The third kappa shape index (κ3) is 2.06. The standard InChI is InChI=1S/C11H9ClN2O2/c1-16-10-4-7(2-3-8(10)12)9-5-13-6-11(15)14-9/h2-6H,1H3,(H,14,15). The zero-order valence-corrected chi connectivity index (χ0v) is 9.28. The first-order chi connectivity index (χ1) is 7.70. The first-order valence-corrected chi connectivity index (χ1v) is 4.97. The van der Waals surface area contributed by atoms with Crippen LogP contribution < -0.4 is 10.3 Å². The number of aromatic nitrogens is 2. The summed E-state index contributed by atoms with van der Waals surface area (Å²) in [7, 11) is 1.54. The van der Waals surface area contributed by atoms with Gasteiger partial charge in [0.25, 0.3) is 5.56 Å². The molecule has 5 heteroatoms. The van der Waals surface area contributed by atoms with Crippen LogP contribution in [0.5, 0.6) is 5.75 Å². The van der Waals surface area contributed by atoms with E-state index < -0.39 is 0 Å². The molecule has 0 saturated heterocycles. The molecule has 0 atom stereocenters. The predicted octanol–water partition coefficient (Wildman–Crippen LogP) is 2.10. The number of nitrogens with one attached hydrogen (secondary N) is 1. The quantitative estimate of drug-likeness (QED) is 0.869. The van der Waals surface area contributed by atoms with E-state index in [1.165, 1.54) is 13.3 Å².